The zero-order valence-electron chi connectivity index (χ0n) is 13.0. The number of nitrogens with zero attached hydrogens (tertiary/aromatic N) is 2. The molecule has 0 spiro atoms. The zero-order chi connectivity index (χ0) is 15.9. The molecule has 1 aromatic rings. The van der Waals surface area contributed by atoms with Gasteiger partial charge in [-0.3, -0.25) is 9.69 Å². The van der Waals surface area contributed by atoms with Gasteiger partial charge in [0.25, 0.3) is 0 Å². The Morgan fingerprint density at radius 1 is 1.23 bits per heavy atom. The Bertz CT molecular complexity index is 669. The summed E-state index contributed by atoms with van der Waals surface area (Å²) in [7, 11) is -1.22. The van der Waals surface area contributed by atoms with Crippen LogP contribution in [-0.4, -0.2) is 56.6 Å². The van der Waals surface area contributed by atoms with Gasteiger partial charge in [0.15, 0.2) is 9.84 Å². The highest BCUT2D eigenvalue weighted by Gasteiger charge is 2.40. The first-order chi connectivity index (χ1) is 10.3. The monoisotopic (exact) mass is 322 g/mol. The topological polar surface area (TPSA) is 57.7 Å². The minimum Gasteiger partial charge on any atom is -0.342 e. The lowest BCUT2D eigenvalue weighted by Gasteiger charge is -2.36. The van der Waals surface area contributed by atoms with Gasteiger partial charge in [-0.1, -0.05) is 12.1 Å². The van der Waals surface area contributed by atoms with E-state index in [-0.39, 0.29) is 5.91 Å². The highest BCUT2D eigenvalue weighted by Crippen LogP contribution is 2.31. The molecule has 120 valence electrons. The number of likely N-dealkylation sites (tertiary alicyclic amines) is 2. The van der Waals surface area contributed by atoms with Gasteiger partial charge in [-0.15, -0.1) is 0 Å². The van der Waals surface area contributed by atoms with Gasteiger partial charge in [0.1, 0.15) is 0 Å². The van der Waals surface area contributed by atoms with Gasteiger partial charge in [0.05, 0.1) is 4.90 Å². The maximum absolute atomic E-state index is 11.8. The van der Waals surface area contributed by atoms with Crippen LogP contribution in [0.15, 0.2) is 29.2 Å². The van der Waals surface area contributed by atoms with Crippen LogP contribution in [0.5, 0.6) is 0 Å². The maximum Gasteiger partial charge on any atom is 0.222 e. The minimum absolute atomic E-state index is 0.259. The summed E-state index contributed by atoms with van der Waals surface area (Å²) in [5, 5.41) is 0. The number of benzene rings is 1. The van der Waals surface area contributed by atoms with E-state index < -0.39 is 9.84 Å². The van der Waals surface area contributed by atoms with E-state index in [0.717, 1.165) is 31.6 Å². The molecule has 6 heteroatoms. The van der Waals surface area contributed by atoms with Gasteiger partial charge < -0.3 is 4.90 Å². The molecular formula is C16H22N2O3S. The Labute approximate surface area is 131 Å². The quantitative estimate of drug-likeness (QED) is 0.837. The fourth-order valence-corrected chi connectivity index (χ4v) is 4.23. The number of fused-ring (bicyclic) bond motifs is 1. The van der Waals surface area contributed by atoms with Crippen LogP contribution < -0.4 is 0 Å². The van der Waals surface area contributed by atoms with Gasteiger partial charge in [-0.25, -0.2) is 8.42 Å². The van der Waals surface area contributed by atoms with Crippen LogP contribution in [0.2, 0.25) is 0 Å². The van der Waals surface area contributed by atoms with Crippen LogP contribution >= 0.6 is 0 Å². The molecule has 0 bridgehead atoms. The molecule has 2 heterocycles. The summed E-state index contributed by atoms with van der Waals surface area (Å²) in [6.07, 6.45) is 2.90. The fourth-order valence-electron chi connectivity index (χ4n) is 3.60. The van der Waals surface area contributed by atoms with Crippen LogP contribution in [0.1, 0.15) is 18.4 Å². The van der Waals surface area contributed by atoms with Crippen LogP contribution in [0.25, 0.3) is 0 Å². The molecule has 2 fully saturated rings. The van der Waals surface area contributed by atoms with Crippen molar-refractivity contribution in [2.75, 3.05) is 26.4 Å². The third-order valence-corrected chi connectivity index (χ3v) is 5.99. The molecule has 3 rings (SSSR count). The number of carbonyl (C=O) groups excluding carboxylic acids is 1. The molecule has 1 amide bonds. The molecule has 0 aliphatic carbocycles. The van der Waals surface area contributed by atoms with Crippen molar-refractivity contribution in [3.05, 3.63) is 29.8 Å². The number of piperidine rings is 1. The van der Waals surface area contributed by atoms with Crippen molar-refractivity contribution >= 4 is 15.7 Å². The highest BCUT2D eigenvalue weighted by atomic mass is 32.2. The Morgan fingerprint density at radius 3 is 2.55 bits per heavy atom. The number of amides is 1. The third kappa shape index (κ3) is 3.03. The second kappa shape index (κ2) is 5.66. The lowest BCUT2D eigenvalue weighted by Crippen LogP contribution is -2.44. The third-order valence-electron chi connectivity index (χ3n) is 4.86. The van der Waals surface area contributed by atoms with Crippen molar-refractivity contribution in [2.24, 2.45) is 5.92 Å². The molecule has 0 aromatic heterocycles. The lowest BCUT2D eigenvalue weighted by molar-refractivity contribution is -0.127. The van der Waals surface area contributed by atoms with E-state index >= 15 is 0 Å². The molecule has 5 nitrogen and oxygen atoms in total. The maximum atomic E-state index is 11.8. The second-order valence-corrected chi connectivity index (χ2v) is 8.49. The summed E-state index contributed by atoms with van der Waals surface area (Å²) in [4.78, 5) is 16.4. The number of carbonyl (C=O) groups is 1. The largest absolute Gasteiger partial charge is 0.342 e. The summed E-state index contributed by atoms with van der Waals surface area (Å²) in [5.41, 5.74) is 1.11. The van der Waals surface area contributed by atoms with Gasteiger partial charge >= 0.3 is 0 Å². The van der Waals surface area contributed by atoms with Crippen molar-refractivity contribution in [3.8, 4) is 0 Å². The van der Waals surface area contributed by atoms with E-state index in [4.69, 9.17) is 0 Å². The first kappa shape index (κ1) is 15.5. The lowest BCUT2D eigenvalue weighted by atomic mass is 9.92. The van der Waals surface area contributed by atoms with Gasteiger partial charge in [0, 0.05) is 51.3 Å². The van der Waals surface area contributed by atoms with E-state index in [2.05, 4.69) is 4.90 Å². The SMILES string of the molecule is CN1C(=O)C[C@@H]2CN(Cc3ccc(S(C)(=O)=O)cc3)CC[C@@H]21. The number of rotatable bonds is 3. The Kier molecular flexibility index (Phi) is 3.99. The Hall–Kier alpha value is -1.40. The van der Waals surface area contributed by atoms with Gasteiger partial charge in [-0.2, -0.15) is 0 Å². The van der Waals surface area contributed by atoms with E-state index in [1.54, 1.807) is 12.1 Å². The molecule has 2 aliphatic rings. The average molecular weight is 322 g/mol. The Morgan fingerprint density at radius 2 is 1.91 bits per heavy atom. The summed E-state index contributed by atoms with van der Waals surface area (Å²) in [6, 6.07) is 7.51. The molecule has 22 heavy (non-hydrogen) atoms. The van der Waals surface area contributed by atoms with Crippen LogP contribution in [-0.2, 0) is 21.2 Å². The van der Waals surface area contributed by atoms with Crippen LogP contribution in [0.4, 0.5) is 0 Å². The van der Waals surface area contributed by atoms with Crippen molar-refractivity contribution in [1.82, 2.24) is 9.80 Å². The van der Waals surface area contributed by atoms with Crippen molar-refractivity contribution < 1.29 is 13.2 Å². The van der Waals surface area contributed by atoms with Gasteiger partial charge in [0.2, 0.25) is 5.91 Å². The fraction of sp³-hybridized carbons (Fsp3) is 0.562. The molecule has 0 saturated carbocycles. The van der Waals surface area contributed by atoms with Crippen molar-refractivity contribution in [1.29, 1.82) is 0 Å². The molecule has 0 unspecified atom stereocenters. The summed E-state index contributed by atoms with van der Waals surface area (Å²) in [6.45, 7) is 2.73. The molecule has 2 atom stereocenters. The molecule has 0 radical (unpaired) electrons. The minimum atomic E-state index is -3.13. The molecule has 2 saturated heterocycles. The molecule has 1 aromatic carbocycles. The normalized spacial score (nSPS) is 26.3. The van der Waals surface area contributed by atoms with Crippen LogP contribution in [0.3, 0.4) is 0 Å². The molecule has 0 N–H and O–H groups in total. The Balaban J connectivity index is 1.64. The van der Waals surface area contributed by atoms with E-state index in [9.17, 15) is 13.2 Å². The smallest absolute Gasteiger partial charge is 0.222 e. The van der Waals surface area contributed by atoms with E-state index in [1.807, 2.05) is 24.1 Å². The summed E-state index contributed by atoms with van der Waals surface area (Å²) < 4.78 is 22.9. The van der Waals surface area contributed by atoms with E-state index in [1.165, 1.54) is 6.26 Å². The molecule has 2 aliphatic heterocycles. The number of sulfone groups is 1. The predicted octanol–water partition coefficient (Wildman–Crippen LogP) is 1.14. The highest BCUT2D eigenvalue weighted by molar-refractivity contribution is 7.90. The molecular weight excluding hydrogens is 300 g/mol. The van der Waals surface area contributed by atoms with E-state index in [0.29, 0.717) is 23.3 Å². The number of hydrogen-bond donors (Lipinski definition) is 0. The first-order valence-corrected chi connectivity index (χ1v) is 9.51. The average Bonchev–Trinajstić information content (AvgIpc) is 2.73. The second-order valence-electron chi connectivity index (χ2n) is 6.48. The van der Waals surface area contributed by atoms with Gasteiger partial charge in [-0.05, 0) is 24.1 Å². The number of hydrogen-bond acceptors (Lipinski definition) is 4. The van der Waals surface area contributed by atoms with Crippen molar-refractivity contribution in [2.45, 2.75) is 30.3 Å². The predicted molar refractivity (Wildman–Crippen MR) is 84.1 cm³/mol. The van der Waals surface area contributed by atoms with Crippen molar-refractivity contribution in [3.63, 3.8) is 0 Å². The summed E-state index contributed by atoms with van der Waals surface area (Å²) in [5.74, 6) is 0.691. The first-order valence-electron chi connectivity index (χ1n) is 7.61. The van der Waals surface area contributed by atoms with Crippen LogP contribution in [0, 0.1) is 5.92 Å². The standard InChI is InChI=1S/C16H22N2O3S/c1-17-15-7-8-18(11-13(15)9-16(17)19)10-12-3-5-14(6-4-12)22(2,20)21/h3-6,13,15H,7-11H2,1-2H3/t13-,15+/m1/s1. The zero-order valence-corrected chi connectivity index (χ0v) is 13.8. The summed E-state index contributed by atoms with van der Waals surface area (Å²) >= 11 is 0.